The molecule has 0 unspecified atom stereocenters. The Balaban J connectivity index is 1.82. The molecule has 3 rings (SSSR count). The van der Waals surface area contributed by atoms with Crippen molar-refractivity contribution in [2.75, 3.05) is 23.3 Å². The van der Waals surface area contributed by atoms with Crippen LogP contribution in [0.4, 0.5) is 11.6 Å². The molecule has 19 heavy (non-hydrogen) atoms. The maximum atomic E-state index is 4.61. The van der Waals surface area contributed by atoms with E-state index in [4.69, 9.17) is 0 Å². The van der Waals surface area contributed by atoms with E-state index in [-0.39, 0.29) is 0 Å². The van der Waals surface area contributed by atoms with Crippen molar-refractivity contribution in [2.45, 2.75) is 19.9 Å². The Hall–Kier alpha value is -2.10. The molecule has 0 saturated heterocycles. The third-order valence-corrected chi connectivity index (χ3v) is 3.43. The summed E-state index contributed by atoms with van der Waals surface area (Å²) in [5.74, 6) is 1.80. The quantitative estimate of drug-likeness (QED) is 0.913. The van der Waals surface area contributed by atoms with Gasteiger partial charge in [0.1, 0.15) is 11.6 Å². The summed E-state index contributed by atoms with van der Waals surface area (Å²) in [6.07, 6.45) is 4.68. The fraction of sp³-hybridized carbons (Fsp3) is 0.333. The average Bonchev–Trinajstić information content (AvgIpc) is 2.47. The summed E-state index contributed by atoms with van der Waals surface area (Å²) in [6.45, 7) is 4.84. The Morgan fingerprint density at radius 1 is 1.21 bits per heavy atom. The molecule has 2 aromatic rings. The predicted molar refractivity (Wildman–Crippen MR) is 77.4 cm³/mol. The van der Waals surface area contributed by atoms with Gasteiger partial charge in [0.15, 0.2) is 0 Å². The molecule has 1 aromatic carbocycles. The van der Waals surface area contributed by atoms with Gasteiger partial charge in [0.05, 0.1) is 12.4 Å². The monoisotopic (exact) mass is 254 g/mol. The second kappa shape index (κ2) is 5.26. The van der Waals surface area contributed by atoms with Crippen LogP contribution in [-0.2, 0) is 13.0 Å². The van der Waals surface area contributed by atoms with Crippen LogP contribution in [-0.4, -0.2) is 23.1 Å². The minimum Gasteiger partial charge on any atom is -0.369 e. The first-order chi connectivity index (χ1) is 9.36. The number of hydrogen-bond donors (Lipinski definition) is 1. The molecule has 0 atom stereocenters. The molecule has 0 amide bonds. The van der Waals surface area contributed by atoms with E-state index < -0.39 is 0 Å². The van der Waals surface area contributed by atoms with E-state index in [1.807, 2.05) is 6.20 Å². The molecule has 0 saturated carbocycles. The maximum absolute atomic E-state index is 4.61. The number of anilines is 2. The lowest BCUT2D eigenvalue weighted by molar-refractivity contribution is 0.719. The molecule has 1 N–H and O–H groups in total. The summed E-state index contributed by atoms with van der Waals surface area (Å²) in [4.78, 5) is 11.2. The van der Waals surface area contributed by atoms with Crippen LogP contribution in [0.15, 0.2) is 36.7 Å². The predicted octanol–water partition coefficient (Wildman–Crippen LogP) is 2.47. The van der Waals surface area contributed by atoms with Crippen LogP contribution >= 0.6 is 0 Å². The summed E-state index contributed by atoms with van der Waals surface area (Å²) in [5.41, 5.74) is 2.85. The van der Waals surface area contributed by atoms with Gasteiger partial charge in [0.25, 0.3) is 0 Å². The lowest BCUT2D eigenvalue weighted by Gasteiger charge is -2.29. The van der Waals surface area contributed by atoms with Crippen molar-refractivity contribution >= 4 is 11.6 Å². The van der Waals surface area contributed by atoms with Gasteiger partial charge in [-0.2, -0.15) is 0 Å². The zero-order valence-corrected chi connectivity index (χ0v) is 11.1. The number of hydrogen-bond acceptors (Lipinski definition) is 4. The van der Waals surface area contributed by atoms with E-state index in [0.717, 1.165) is 37.7 Å². The van der Waals surface area contributed by atoms with Crippen LogP contribution in [0.25, 0.3) is 0 Å². The van der Waals surface area contributed by atoms with Crippen molar-refractivity contribution in [3.63, 3.8) is 0 Å². The molecule has 0 spiro atoms. The largest absolute Gasteiger partial charge is 0.369 e. The standard InChI is InChI=1S/C15H18N4/c1-2-17-14-9-16-10-15(18-14)19-8-7-12-5-3-4-6-13(12)11-19/h3-6,9-10H,2,7-8,11H2,1H3,(H,17,18). The van der Waals surface area contributed by atoms with Crippen LogP contribution in [0, 0.1) is 0 Å². The van der Waals surface area contributed by atoms with E-state index in [0.29, 0.717) is 0 Å². The van der Waals surface area contributed by atoms with Gasteiger partial charge >= 0.3 is 0 Å². The minimum atomic E-state index is 0.846. The fourth-order valence-electron chi connectivity index (χ4n) is 2.47. The molecule has 0 fully saturated rings. The van der Waals surface area contributed by atoms with Crippen LogP contribution in [0.2, 0.25) is 0 Å². The van der Waals surface area contributed by atoms with Crippen LogP contribution in [0.1, 0.15) is 18.1 Å². The van der Waals surface area contributed by atoms with Gasteiger partial charge in [-0.3, -0.25) is 4.98 Å². The topological polar surface area (TPSA) is 41.1 Å². The van der Waals surface area contributed by atoms with Gasteiger partial charge in [0, 0.05) is 19.6 Å². The lowest BCUT2D eigenvalue weighted by atomic mass is 10.0. The van der Waals surface area contributed by atoms with Gasteiger partial charge in [-0.05, 0) is 24.5 Å². The summed E-state index contributed by atoms with van der Waals surface area (Å²) < 4.78 is 0. The number of nitrogens with one attached hydrogen (secondary N) is 1. The highest BCUT2D eigenvalue weighted by molar-refractivity contribution is 5.47. The first-order valence-corrected chi connectivity index (χ1v) is 6.74. The SMILES string of the molecule is CCNc1cncc(N2CCc3ccccc3C2)n1. The van der Waals surface area contributed by atoms with Crippen molar-refractivity contribution in [3.8, 4) is 0 Å². The zero-order valence-electron chi connectivity index (χ0n) is 11.1. The second-order valence-corrected chi connectivity index (χ2v) is 4.73. The van der Waals surface area contributed by atoms with Gasteiger partial charge in [0.2, 0.25) is 0 Å². The van der Waals surface area contributed by atoms with E-state index >= 15 is 0 Å². The molecule has 0 radical (unpaired) electrons. The summed E-state index contributed by atoms with van der Waals surface area (Å²) >= 11 is 0. The highest BCUT2D eigenvalue weighted by atomic mass is 15.2. The first kappa shape index (κ1) is 12.0. The van der Waals surface area contributed by atoms with E-state index in [9.17, 15) is 0 Å². The Morgan fingerprint density at radius 2 is 2.05 bits per heavy atom. The molecule has 0 aliphatic carbocycles. The average molecular weight is 254 g/mol. The highest BCUT2D eigenvalue weighted by Gasteiger charge is 2.17. The van der Waals surface area contributed by atoms with Gasteiger partial charge < -0.3 is 10.2 Å². The third-order valence-electron chi connectivity index (χ3n) is 3.43. The molecular formula is C15H18N4. The minimum absolute atomic E-state index is 0.846. The summed E-state index contributed by atoms with van der Waals surface area (Å²) in [7, 11) is 0. The van der Waals surface area contributed by atoms with Crippen molar-refractivity contribution in [2.24, 2.45) is 0 Å². The van der Waals surface area contributed by atoms with Crippen molar-refractivity contribution in [3.05, 3.63) is 47.8 Å². The highest BCUT2D eigenvalue weighted by Crippen LogP contribution is 2.23. The van der Waals surface area contributed by atoms with E-state index in [1.165, 1.54) is 11.1 Å². The molecule has 98 valence electrons. The van der Waals surface area contributed by atoms with Gasteiger partial charge in [-0.25, -0.2) is 4.98 Å². The first-order valence-electron chi connectivity index (χ1n) is 6.74. The number of benzene rings is 1. The molecule has 2 heterocycles. The summed E-state index contributed by atoms with van der Waals surface area (Å²) in [6, 6.07) is 8.62. The fourth-order valence-corrected chi connectivity index (χ4v) is 2.47. The van der Waals surface area contributed by atoms with E-state index in [1.54, 1.807) is 6.20 Å². The van der Waals surface area contributed by atoms with Crippen molar-refractivity contribution in [1.82, 2.24) is 9.97 Å². The maximum Gasteiger partial charge on any atom is 0.149 e. The molecular weight excluding hydrogens is 236 g/mol. The second-order valence-electron chi connectivity index (χ2n) is 4.73. The van der Waals surface area contributed by atoms with Crippen LogP contribution in [0.5, 0.6) is 0 Å². The van der Waals surface area contributed by atoms with Crippen molar-refractivity contribution in [1.29, 1.82) is 0 Å². The molecule has 0 bridgehead atoms. The van der Waals surface area contributed by atoms with Gasteiger partial charge in [-0.1, -0.05) is 24.3 Å². The third kappa shape index (κ3) is 2.52. The van der Waals surface area contributed by atoms with Crippen molar-refractivity contribution < 1.29 is 0 Å². The lowest BCUT2D eigenvalue weighted by Crippen LogP contribution is -2.31. The van der Waals surface area contributed by atoms with Gasteiger partial charge in [-0.15, -0.1) is 0 Å². The Morgan fingerprint density at radius 3 is 2.89 bits per heavy atom. The summed E-state index contributed by atoms with van der Waals surface area (Å²) in [5, 5.41) is 3.21. The Kier molecular flexibility index (Phi) is 3.31. The smallest absolute Gasteiger partial charge is 0.149 e. The Labute approximate surface area is 113 Å². The number of fused-ring (bicyclic) bond motifs is 1. The molecule has 4 heteroatoms. The molecule has 1 aliphatic heterocycles. The number of rotatable bonds is 3. The normalized spacial score (nSPS) is 14.1. The zero-order chi connectivity index (χ0) is 13.1. The molecule has 1 aliphatic rings. The van der Waals surface area contributed by atoms with Crippen LogP contribution in [0.3, 0.4) is 0 Å². The van der Waals surface area contributed by atoms with Crippen LogP contribution < -0.4 is 10.2 Å². The number of aromatic nitrogens is 2. The molecule has 4 nitrogen and oxygen atoms in total. The Bertz CT molecular complexity index is 568. The number of nitrogens with zero attached hydrogens (tertiary/aromatic N) is 3. The van der Waals surface area contributed by atoms with E-state index in [2.05, 4.69) is 51.4 Å². The molecule has 1 aromatic heterocycles.